The Balaban J connectivity index is 1.21. The van der Waals surface area contributed by atoms with E-state index >= 15 is 0 Å². The van der Waals surface area contributed by atoms with Crippen LogP contribution in [0.25, 0.3) is 20.3 Å². The van der Waals surface area contributed by atoms with Gasteiger partial charge in [-0.25, -0.2) is 4.98 Å². The van der Waals surface area contributed by atoms with E-state index in [2.05, 4.69) is 10.3 Å². The molecule has 3 heterocycles. The fraction of sp³-hybridized carbons (Fsp3) is 0.238. The van der Waals surface area contributed by atoms with E-state index in [4.69, 9.17) is 14.2 Å². The number of fused-ring (bicyclic) bond motifs is 4. The molecule has 1 N–H and O–H groups in total. The van der Waals surface area contributed by atoms with Crippen molar-refractivity contribution >= 4 is 48.9 Å². The summed E-state index contributed by atoms with van der Waals surface area (Å²) in [6.07, 6.45) is -0.228. The SMILES string of the molecule is Cc1nc2c(cc(OCC(=O)NCC3COc4ccccc4O3)c3ccsc32)s1. The molecule has 1 atom stereocenters. The summed E-state index contributed by atoms with van der Waals surface area (Å²) in [5, 5.41) is 6.88. The quantitative estimate of drug-likeness (QED) is 0.519. The van der Waals surface area contributed by atoms with Gasteiger partial charge in [-0.15, -0.1) is 22.7 Å². The van der Waals surface area contributed by atoms with Gasteiger partial charge in [-0.3, -0.25) is 4.79 Å². The first kappa shape index (κ1) is 18.2. The molecule has 0 spiro atoms. The van der Waals surface area contributed by atoms with Crippen molar-refractivity contribution in [2.45, 2.75) is 13.0 Å². The number of aromatic nitrogens is 1. The van der Waals surface area contributed by atoms with Crippen molar-refractivity contribution in [3.8, 4) is 17.2 Å². The molecule has 6 nitrogen and oxygen atoms in total. The maximum Gasteiger partial charge on any atom is 0.258 e. The van der Waals surface area contributed by atoms with Crippen molar-refractivity contribution in [2.75, 3.05) is 19.8 Å². The number of aryl methyl sites for hydroxylation is 1. The van der Waals surface area contributed by atoms with Crippen molar-refractivity contribution in [2.24, 2.45) is 0 Å². The minimum atomic E-state index is -0.228. The van der Waals surface area contributed by atoms with Crippen LogP contribution in [-0.4, -0.2) is 36.8 Å². The van der Waals surface area contributed by atoms with Gasteiger partial charge in [0.2, 0.25) is 0 Å². The molecule has 1 unspecified atom stereocenters. The first-order valence-electron chi connectivity index (χ1n) is 9.23. The molecule has 0 saturated carbocycles. The molecular weight excluding hydrogens is 408 g/mol. The molecule has 0 radical (unpaired) electrons. The highest BCUT2D eigenvalue weighted by Gasteiger charge is 2.21. The predicted molar refractivity (Wildman–Crippen MR) is 115 cm³/mol. The van der Waals surface area contributed by atoms with Gasteiger partial charge in [0, 0.05) is 11.5 Å². The van der Waals surface area contributed by atoms with E-state index in [0.717, 1.165) is 31.1 Å². The Hall–Kier alpha value is -2.84. The summed E-state index contributed by atoms with van der Waals surface area (Å²) < 4.78 is 19.5. The number of nitrogens with zero attached hydrogens (tertiary/aromatic N) is 1. The van der Waals surface area contributed by atoms with Crippen LogP contribution in [-0.2, 0) is 4.79 Å². The van der Waals surface area contributed by atoms with Crippen LogP contribution in [0, 0.1) is 6.92 Å². The maximum atomic E-state index is 12.3. The number of hydrogen-bond donors (Lipinski definition) is 1. The lowest BCUT2D eigenvalue weighted by Gasteiger charge is -2.26. The van der Waals surface area contributed by atoms with Gasteiger partial charge < -0.3 is 19.5 Å². The lowest BCUT2D eigenvalue weighted by atomic mass is 10.2. The molecule has 5 rings (SSSR count). The number of nitrogens with one attached hydrogen (secondary N) is 1. The first-order valence-corrected chi connectivity index (χ1v) is 10.9. The lowest BCUT2D eigenvalue weighted by Crippen LogP contribution is -2.42. The van der Waals surface area contributed by atoms with Crippen LogP contribution in [0.15, 0.2) is 41.8 Å². The fourth-order valence-electron chi connectivity index (χ4n) is 3.29. The number of benzene rings is 2. The Labute approximate surface area is 175 Å². The van der Waals surface area contributed by atoms with E-state index in [0.29, 0.717) is 24.7 Å². The van der Waals surface area contributed by atoms with Gasteiger partial charge in [0.05, 0.1) is 26.5 Å². The van der Waals surface area contributed by atoms with Crippen LogP contribution in [0.4, 0.5) is 0 Å². The molecule has 4 aromatic rings. The summed E-state index contributed by atoms with van der Waals surface area (Å²) in [4.78, 5) is 16.9. The van der Waals surface area contributed by atoms with Crippen molar-refractivity contribution in [1.29, 1.82) is 0 Å². The van der Waals surface area contributed by atoms with E-state index in [1.165, 1.54) is 0 Å². The highest BCUT2D eigenvalue weighted by molar-refractivity contribution is 7.21. The molecule has 0 saturated heterocycles. The number of carbonyl (C=O) groups is 1. The summed E-state index contributed by atoms with van der Waals surface area (Å²) in [6, 6.07) is 11.5. The number of amides is 1. The van der Waals surface area contributed by atoms with E-state index in [1.807, 2.05) is 48.7 Å². The lowest BCUT2D eigenvalue weighted by molar-refractivity contribution is -0.123. The summed E-state index contributed by atoms with van der Waals surface area (Å²) in [7, 11) is 0. The van der Waals surface area contributed by atoms with Crippen molar-refractivity contribution < 1.29 is 19.0 Å². The third-order valence-electron chi connectivity index (χ3n) is 4.62. The van der Waals surface area contributed by atoms with E-state index in [-0.39, 0.29) is 18.6 Å². The molecule has 1 aliphatic heterocycles. The van der Waals surface area contributed by atoms with Crippen LogP contribution >= 0.6 is 22.7 Å². The fourth-order valence-corrected chi connectivity index (χ4v) is 5.13. The molecule has 1 aliphatic rings. The van der Waals surface area contributed by atoms with Crippen molar-refractivity contribution in [1.82, 2.24) is 10.3 Å². The number of hydrogen-bond acceptors (Lipinski definition) is 7. The van der Waals surface area contributed by atoms with Gasteiger partial charge in [-0.2, -0.15) is 0 Å². The Morgan fingerprint density at radius 1 is 1.31 bits per heavy atom. The Kier molecular flexibility index (Phi) is 4.73. The monoisotopic (exact) mass is 426 g/mol. The number of ether oxygens (including phenoxy) is 3. The second kappa shape index (κ2) is 7.53. The predicted octanol–water partition coefficient (Wildman–Crippen LogP) is 4.15. The average Bonchev–Trinajstić information content (AvgIpc) is 3.36. The maximum absolute atomic E-state index is 12.3. The topological polar surface area (TPSA) is 69.7 Å². The van der Waals surface area contributed by atoms with Gasteiger partial charge in [0.1, 0.15) is 18.5 Å². The average molecular weight is 427 g/mol. The minimum Gasteiger partial charge on any atom is -0.486 e. The van der Waals surface area contributed by atoms with E-state index in [1.54, 1.807) is 22.7 Å². The number of para-hydroxylation sites is 2. The van der Waals surface area contributed by atoms with E-state index < -0.39 is 0 Å². The van der Waals surface area contributed by atoms with Crippen molar-refractivity contribution in [3.05, 3.63) is 46.8 Å². The Morgan fingerprint density at radius 2 is 2.17 bits per heavy atom. The number of rotatable bonds is 5. The molecule has 2 aromatic carbocycles. The second-order valence-electron chi connectivity index (χ2n) is 6.71. The first-order chi connectivity index (χ1) is 14.2. The molecular formula is C21H18N2O4S2. The zero-order chi connectivity index (χ0) is 19.8. The standard InChI is InChI=1S/C21H18N2O4S2/c1-12-23-20-18(29-12)8-17(14-6-7-28-21(14)20)26-11-19(24)22-9-13-10-25-15-4-2-3-5-16(15)27-13/h2-8,13H,9-11H2,1H3,(H,22,24). The Morgan fingerprint density at radius 3 is 3.07 bits per heavy atom. The second-order valence-corrected chi connectivity index (χ2v) is 8.86. The van der Waals surface area contributed by atoms with Gasteiger partial charge >= 0.3 is 0 Å². The normalized spacial score (nSPS) is 15.6. The number of carbonyl (C=O) groups excluding carboxylic acids is 1. The van der Waals surface area contributed by atoms with Gasteiger partial charge in [-0.1, -0.05) is 12.1 Å². The molecule has 2 aromatic heterocycles. The van der Waals surface area contributed by atoms with Gasteiger partial charge in [-0.05, 0) is 30.5 Å². The third-order valence-corrected chi connectivity index (χ3v) is 6.46. The number of thiazole rings is 1. The third kappa shape index (κ3) is 3.61. The zero-order valence-electron chi connectivity index (χ0n) is 15.6. The van der Waals surface area contributed by atoms with Crippen LogP contribution in [0.5, 0.6) is 17.2 Å². The summed E-state index contributed by atoms with van der Waals surface area (Å²) in [5.74, 6) is 1.93. The van der Waals surface area contributed by atoms with Gasteiger partial charge in [0.25, 0.3) is 5.91 Å². The molecule has 29 heavy (non-hydrogen) atoms. The highest BCUT2D eigenvalue weighted by atomic mass is 32.1. The molecule has 0 bridgehead atoms. The Bertz CT molecular complexity index is 1200. The van der Waals surface area contributed by atoms with Crippen LogP contribution < -0.4 is 19.5 Å². The molecule has 1 amide bonds. The minimum absolute atomic E-state index is 0.0571. The largest absolute Gasteiger partial charge is 0.486 e. The van der Waals surface area contributed by atoms with Crippen molar-refractivity contribution in [3.63, 3.8) is 0 Å². The van der Waals surface area contributed by atoms with E-state index in [9.17, 15) is 4.79 Å². The molecule has 0 aliphatic carbocycles. The van der Waals surface area contributed by atoms with Crippen LogP contribution in [0.3, 0.4) is 0 Å². The van der Waals surface area contributed by atoms with Gasteiger partial charge in [0.15, 0.2) is 18.1 Å². The summed E-state index contributed by atoms with van der Waals surface area (Å²) >= 11 is 3.26. The summed E-state index contributed by atoms with van der Waals surface area (Å²) in [5.41, 5.74) is 1.00. The van der Waals surface area contributed by atoms with Crippen LogP contribution in [0.2, 0.25) is 0 Å². The van der Waals surface area contributed by atoms with Crippen LogP contribution in [0.1, 0.15) is 5.01 Å². The smallest absolute Gasteiger partial charge is 0.258 e. The summed E-state index contributed by atoms with van der Waals surface area (Å²) in [6.45, 7) is 2.69. The molecule has 0 fully saturated rings. The zero-order valence-corrected chi connectivity index (χ0v) is 17.3. The molecule has 148 valence electrons. The number of thiophene rings is 1. The highest BCUT2D eigenvalue weighted by Crippen LogP contribution is 2.38. The molecule has 8 heteroatoms.